The molecule has 2 N–H and O–H groups in total. The van der Waals surface area contributed by atoms with Crippen molar-refractivity contribution in [1.82, 2.24) is 14.8 Å². The summed E-state index contributed by atoms with van der Waals surface area (Å²) >= 11 is 5.76. The quantitative estimate of drug-likeness (QED) is 0.643. The summed E-state index contributed by atoms with van der Waals surface area (Å²) in [6, 6.07) is 5.02. The first kappa shape index (κ1) is 11.4. The van der Waals surface area contributed by atoms with E-state index in [0.29, 0.717) is 11.0 Å². The van der Waals surface area contributed by atoms with Gasteiger partial charge in [-0.05, 0) is 12.1 Å². The number of nitrogens with two attached hydrogens (primary N) is 1. The molecule has 0 saturated carbocycles. The second-order valence-corrected chi connectivity index (χ2v) is 3.55. The number of anilines is 1. The van der Waals surface area contributed by atoms with Crippen molar-refractivity contribution in [3.63, 3.8) is 0 Å². The van der Waals surface area contributed by atoms with Crippen LogP contribution in [0.3, 0.4) is 0 Å². The van der Waals surface area contributed by atoms with Crippen molar-refractivity contribution in [1.29, 1.82) is 0 Å². The van der Waals surface area contributed by atoms with Gasteiger partial charge in [0.05, 0.1) is 13.3 Å². The molecule has 2 aromatic heterocycles. The van der Waals surface area contributed by atoms with E-state index < -0.39 is 5.97 Å². The van der Waals surface area contributed by atoms with Gasteiger partial charge in [0.25, 0.3) is 0 Å². The minimum Gasteiger partial charge on any atom is -0.465 e. The first-order valence-corrected chi connectivity index (χ1v) is 5.06. The van der Waals surface area contributed by atoms with Crippen LogP contribution in [0.4, 0.5) is 5.82 Å². The van der Waals surface area contributed by atoms with Crippen molar-refractivity contribution in [3.8, 4) is 5.82 Å². The van der Waals surface area contributed by atoms with Crippen LogP contribution >= 0.6 is 11.6 Å². The van der Waals surface area contributed by atoms with E-state index in [-0.39, 0.29) is 11.4 Å². The fraction of sp³-hybridized carbons (Fsp3) is 0.100. The monoisotopic (exact) mass is 252 g/mol. The number of nitrogens with zero attached hydrogens (tertiary/aromatic N) is 3. The summed E-state index contributed by atoms with van der Waals surface area (Å²) in [6.45, 7) is 0. The molecule has 0 spiro atoms. The lowest BCUT2D eigenvalue weighted by Gasteiger charge is -2.03. The maximum Gasteiger partial charge on any atom is 0.343 e. The maximum atomic E-state index is 11.3. The Morgan fingerprint density at radius 2 is 2.29 bits per heavy atom. The molecule has 2 heterocycles. The third-order valence-electron chi connectivity index (χ3n) is 2.13. The third kappa shape index (κ3) is 2.07. The Hall–Kier alpha value is -2.08. The summed E-state index contributed by atoms with van der Waals surface area (Å²) in [7, 11) is 1.27. The topological polar surface area (TPSA) is 83.0 Å². The zero-order valence-electron chi connectivity index (χ0n) is 8.92. The average Bonchev–Trinajstić information content (AvgIpc) is 2.70. The summed E-state index contributed by atoms with van der Waals surface area (Å²) in [5.41, 5.74) is 5.97. The Kier molecular flexibility index (Phi) is 2.97. The molecule has 0 aromatic carbocycles. The van der Waals surface area contributed by atoms with E-state index in [1.165, 1.54) is 18.0 Å². The van der Waals surface area contributed by atoms with Crippen molar-refractivity contribution in [2.45, 2.75) is 0 Å². The minimum atomic E-state index is -0.546. The molecular formula is C10H9ClN4O2. The third-order valence-corrected chi connectivity index (χ3v) is 2.34. The predicted molar refractivity (Wildman–Crippen MR) is 62.1 cm³/mol. The van der Waals surface area contributed by atoms with E-state index in [1.54, 1.807) is 18.2 Å². The van der Waals surface area contributed by atoms with Crippen molar-refractivity contribution in [2.24, 2.45) is 0 Å². The SMILES string of the molecule is COC(=O)c1cnn(-c2cccc(Cl)n2)c1N. The van der Waals surface area contributed by atoms with Crippen LogP contribution in [0.25, 0.3) is 5.82 Å². The van der Waals surface area contributed by atoms with Crippen LogP contribution in [-0.4, -0.2) is 27.8 Å². The van der Waals surface area contributed by atoms with Gasteiger partial charge in [-0.1, -0.05) is 17.7 Å². The van der Waals surface area contributed by atoms with E-state index in [4.69, 9.17) is 17.3 Å². The van der Waals surface area contributed by atoms with E-state index in [9.17, 15) is 4.79 Å². The number of aromatic nitrogens is 3. The van der Waals surface area contributed by atoms with Gasteiger partial charge in [0, 0.05) is 0 Å². The molecule has 0 aliphatic heterocycles. The highest BCUT2D eigenvalue weighted by Gasteiger charge is 2.16. The molecular weight excluding hydrogens is 244 g/mol. The van der Waals surface area contributed by atoms with Gasteiger partial charge in [-0.15, -0.1) is 0 Å². The molecule has 88 valence electrons. The second kappa shape index (κ2) is 4.42. The Morgan fingerprint density at radius 3 is 2.94 bits per heavy atom. The van der Waals surface area contributed by atoms with E-state index in [0.717, 1.165) is 0 Å². The van der Waals surface area contributed by atoms with Crippen molar-refractivity contribution >= 4 is 23.4 Å². The lowest BCUT2D eigenvalue weighted by molar-refractivity contribution is 0.0602. The molecule has 0 aliphatic rings. The van der Waals surface area contributed by atoms with Gasteiger partial charge >= 0.3 is 5.97 Å². The number of halogens is 1. The summed E-state index contributed by atoms with van der Waals surface area (Å²) in [5.74, 6) is 0.0487. The standard InChI is InChI=1S/C10H9ClN4O2/c1-17-10(16)6-5-13-15(9(6)12)8-4-2-3-7(11)14-8/h2-5H,12H2,1H3. The number of pyridine rings is 1. The van der Waals surface area contributed by atoms with E-state index in [1.807, 2.05) is 0 Å². The Balaban J connectivity index is 2.48. The van der Waals surface area contributed by atoms with Crippen LogP contribution in [0, 0.1) is 0 Å². The molecule has 0 bridgehead atoms. The number of ether oxygens (including phenoxy) is 1. The zero-order chi connectivity index (χ0) is 12.4. The van der Waals surface area contributed by atoms with Crippen LogP contribution in [0.15, 0.2) is 24.4 Å². The average molecular weight is 253 g/mol. The molecule has 0 aliphatic carbocycles. The highest BCUT2D eigenvalue weighted by atomic mass is 35.5. The van der Waals surface area contributed by atoms with Gasteiger partial charge in [-0.3, -0.25) is 0 Å². The number of methoxy groups -OCH3 is 1. The molecule has 0 fully saturated rings. The minimum absolute atomic E-state index is 0.159. The normalized spacial score (nSPS) is 10.2. The summed E-state index contributed by atoms with van der Waals surface area (Å²) < 4.78 is 5.89. The molecule has 0 radical (unpaired) electrons. The van der Waals surface area contributed by atoms with Crippen LogP contribution in [-0.2, 0) is 4.74 Å². The fourth-order valence-electron chi connectivity index (χ4n) is 1.32. The number of rotatable bonds is 2. The summed E-state index contributed by atoms with van der Waals surface area (Å²) in [6.07, 6.45) is 1.32. The van der Waals surface area contributed by atoms with Crippen molar-refractivity contribution < 1.29 is 9.53 Å². The lowest BCUT2D eigenvalue weighted by Crippen LogP contribution is -2.08. The van der Waals surface area contributed by atoms with E-state index >= 15 is 0 Å². The largest absolute Gasteiger partial charge is 0.465 e. The fourth-order valence-corrected chi connectivity index (χ4v) is 1.48. The number of carbonyl (C=O) groups is 1. The highest BCUT2D eigenvalue weighted by Crippen LogP contribution is 2.17. The van der Waals surface area contributed by atoms with Crippen molar-refractivity contribution in [3.05, 3.63) is 35.1 Å². The van der Waals surface area contributed by atoms with Gasteiger partial charge in [0.15, 0.2) is 5.82 Å². The molecule has 2 rings (SSSR count). The van der Waals surface area contributed by atoms with Gasteiger partial charge in [-0.25, -0.2) is 9.78 Å². The second-order valence-electron chi connectivity index (χ2n) is 3.17. The molecule has 17 heavy (non-hydrogen) atoms. The highest BCUT2D eigenvalue weighted by molar-refractivity contribution is 6.29. The molecule has 0 atom stereocenters. The number of hydrogen-bond acceptors (Lipinski definition) is 5. The summed E-state index contributed by atoms with van der Waals surface area (Å²) in [4.78, 5) is 15.4. The number of hydrogen-bond donors (Lipinski definition) is 1. The maximum absolute atomic E-state index is 11.3. The molecule has 0 saturated heterocycles. The Morgan fingerprint density at radius 1 is 1.53 bits per heavy atom. The van der Waals surface area contributed by atoms with E-state index in [2.05, 4.69) is 14.8 Å². The van der Waals surface area contributed by atoms with Gasteiger partial charge in [-0.2, -0.15) is 9.78 Å². The first-order chi connectivity index (χ1) is 8.13. The molecule has 7 heteroatoms. The van der Waals surface area contributed by atoms with Gasteiger partial charge < -0.3 is 10.5 Å². The van der Waals surface area contributed by atoms with Crippen LogP contribution in [0.5, 0.6) is 0 Å². The van der Waals surface area contributed by atoms with Crippen LogP contribution in [0.2, 0.25) is 5.15 Å². The predicted octanol–water partition coefficient (Wildman–Crippen LogP) is 1.29. The molecule has 2 aromatic rings. The van der Waals surface area contributed by atoms with Crippen LogP contribution < -0.4 is 5.73 Å². The first-order valence-electron chi connectivity index (χ1n) is 4.68. The zero-order valence-corrected chi connectivity index (χ0v) is 9.68. The van der Waals surface area contributed by atoms with Gasteiger partial charge in [0.1, 0.15) is 16.5 Å². The van der Waals surface area contributed by atoms with Crippen molar-refractivity contribution in [2.75, 3.05) is 12.8 Å². The molecule has 0 unspecified atom stereocenters. The van der Waals surface area contributed by atoms with Crippen LogP contribution in [0.1, 0.15) is 10.4 Å². The smallest absolute Gasteiger partial charge is 0.343 e. The summed E-state index contributed by atoms with van der Waals surface area (Å²) in [5, 5.41) is 4.28. The molecule has 6 nitrogen and oxygen atoms in total. The number of esters is 1. The molecule has 0 amide bonds. The van der Waals surface area contributed by atoms with Gasteiger partial charge in [0.2, 0.25) is 0 Å². The Bertz CT molecular complexity index is 567. The number of carbonyl (C=O) groups excluding carboxylic acids is 1. The Labute approximate surface area is 102 Å². The number of nitrogen functional groups attached to an aromatic ring is 1. The lowest BCUT2D eigenvalue weighted by atomic mass is 10.3.